The van der Waals surface area contributed by atoms with Crippen LogP contribution in [0, 0.1) is 0 Å². The predicted octanol–water partition coefficient (Wildman–Crippen LogP) is 1.46. The van der Waals surface area contributed by atoms with Crippen LogP contribution >= 0.6 is 0 Å². The molecule has 2 aliphatic heterocycles. The fraction of sp³-hybridized carbons (Fsp3) is 0.444. The van der Waals surface area contributed by atoms with Crippen molar-refractivity contribution in [1.29, 1.82) is 0 Å². The SMILES string of the molecule is C=C[C@H]1C[C@H](F)CN1c1ccc2nccc(NS(=O)(=O)N3CC[C@H](O)C3)c2n1. The Morgan fingerprint density at radius 3 is 2.86 bits per heavy atom. The Balaban J connectivity index is 1.68. The molecule has 0 radical (unpaired) electrons. The topological polar surface area (TPSA) is 98.7 Å². The maximum atomic E-state index is 13.9. The third-order valence-corrected chi connectivity index (χ3v) is 6.62. The highest BCUT2D eigenvalue weighted by atomic mass is 32.2. The van der Waals surface area contributed by atoms with E-state index in [2.05, 4.69) is 21.3 Å². The van der Waals surface area contributed by atoms with Crippen LogP contribution < -0.4 is 9.62 Å². The maximum Gasteiger partial charge on any atom is 0.301 e. The molecule has 0 amide bonds. The number of anilines is 2. The fourth-order valence-electron chi connectivity index (χ4n) is 3.69. The van der Waals surface area contributed by atoms with Crippen molar-refractivity contribution in [2.75, 3.05) is 29.3 Å². The average molecular weight is 407 g/mol. The van der Waals surface area contributed by atoms with Crippen LogP contribution in [-0.2, 0) is 10.2 Å². The number of hydrogen-bond donors (Lipinski definition) is 2. The molecule has 4 heterocycles. The van der Waals surface area contributed by atoms with Gasteiger partial charge in [0.2, 0.25) is 0 Å². The van der Waals surface area contributed by atoms with Gasteiger partial charge < -0.3 is 10.0 Å². The Hall–Kier alpha value is -2.30. The molecule has 150 valence electrons. The van der Waals surface area contributed by atoms with E-state index in [4.69, 9.17) is 0 Å². The summed E-state index contributed by atoms with van der Waals surface area (Å²) in [6.07, 6.45) is 2.33. The molecule has 2 saturated heterocycles. The zero-order chi connectivity index (χ0) is 19.9. The summed E-state index contributed by atoms with van der Waals surface area (Å²) in [5.41, 5.74) is 1.20. The molecule has 4 rings (SSSR count). The van der Waals surface area contributed by atoms with Gasteiger partial charge >= 0.3 is 10.2 Å². The van der Waals surface area contributed by atoms with E-state index in [1.165, 1.54) is 16.6 Å². The lowest BCUT2D eigenvalue weighted by molar-refractivity contribution is 0.189. The lowest BCUT2D eigenvalue weighted by Crippen LogP contribution is -2.34. The number of halogens is 1. The first-order chi connectivity index (χ1) is 13.4. The molecule has 2 fully saturated rings. The molecule has 2 aromatic rings. The van der Waals surface area contributed by atoms with E-state index in [9.17, 15) is 17.9 Å². The summed E-state index contributed by atoms with van der Waals surface area (Å²) < 4.78 is 42.9. The molecule has 0 saturated carbocycles. The van der Waals surface area contributed by atoms with E-state index in [-0.39, 0.29) is 25.7 Å². The molecule has 0 unspecified atom stereocenters. The molecule has 0 bridgehead atoms. The van der Waals surface area contributed by atoms with Gasteiger partial charge in [0.05, 0.1) is 29.9 Å². The predicted molar refractivity (Wildman–Crippen MR) is 105 cm³/mol. The second kappa shape index (κ2) is 7.26. The largest absolute Gasteiger partial charge is 0.392 e. The number of nitrogens with zero attached hydrogens (tertiary/aromatic N) is 4. The van der Waals surface area contributed by atoms with E-state index in [0.717, 1.165) is 0 Å². The molecule has 2 N–H and O–H groups in total. The van der Waals surface area contributed by atoms with Gasteiger partial charge in [0.25, 0.3) is 0 Å². The zero-order valence-electron chi connectivity index (χ0n) is 15.2. The highest BCUT2D eigenvalue weighted by Crippen LogP contribution is 2.30. The molecule has 2 aliphatic rings. The number of β-amino-alcohol motifs (C(OH)–C–C–N with tert-alkyl or cyclic N) is 1. The van der Waals surface area contributed by atoms with E-state index >= 15 is 0 Å². The van der Waals surface area contributed by atoms with Crippen LogP contribution in [0.5, 0.6) is 0 Å². The molecule has 8 nitrogen and oxygen atoms in total. The first-order valence-corrected chi connectivity index (χ1v) is 10.6. The number of rotatable bonds is 5. The van der Waals surface area contributed by atoms with Crippen molar-refractivity contribution in [2.24, 2.45) is 0 Å². The van der Waals surface area contributed by atoms with Crippen molar-refractivity contribution in [1.82, 2.24) is 14.3 Å². The first-order valence-electron chi connectivity index (χ1n) is 9.12. The summed E-state index contributed by atoms with van der Waals surface area (Å²) in [6.45, 7) is 4.29. The van der Waals surface area contributed by atoms with Crippen LogP contribution in [0.2, 0.25) is 0 Å². The highest BCUT2D eigenvalue weighted by molar-refractivity contribution is 7.90. The van der Waals surface area contributed by atoms with Crippen molar-refractivity contribution in [3.63, 3.8) is 0 Å². The Morgan fingerprint density at radius 2 is 2.14 bits per heavy atom. The smallest absolute Gasteiger partial charge is 0.301 e. The first kappa shape index (κ1) is 19.0. The monoisotopic (exact) mass is 407 g/mol. The van der Waals surface area contributed by atoms with Crippen molar-refractivity contribution in [2.45, 2.75) is 31.2 Å². The molecule has 0 spiro atoms. The van der Waals surface area contributed by atoms with Gasteiger partial charge in [-0.2, -0.15) is 12.7 Å². The minimum Gasteiger partial charge on any atom is -0.392 e. The molecule has 0 aliphatic carbocycles. The van der Waals surface area contributed by atoms with Crippen molar-refractivity contribution < 1.29 is 17.9 Å². The second-order valence-corrected chi connectivity index (χ2v) is 8.76. The number of aromatic nitrogens is 2. The number of aliphatic hydroxyl groups excluding tert-OH is 1. The Morgan fingerprint density at radius 1 is 1.32 bits per heavy atom. The third kappa shape index (κ3) is 3.54. The summed E-state index contributed by atoms with van der Waals surface area (Å²) >= 11 is 0. The summed E-state index contributed by atoms with van der Waals surface area (Å²) in [5, 5.41) is 9.63. The summed E-state index contributed by atoms with van der Waals surface area (Å²) in [7, 11) is -3.83. The number of hydrogen-bond acceptors (Lipinski definition) is 6. The average Bonchev–Trinajstić information content (AvgIpc) is 3.27. The minimum atomic E-state index is -3.83. The van der Waals surface area contributed by atoms with Gasteiger partial charge in [-0.05, 0) is 24.6 Å². The van der Waals surface area contributed by atoms with E-state index < -0.39 is 22.5 Å². The van der Waals surface area contributed by atoms with Gasteiger partial charge in [-0.3, -0.25) is 9.71 Å². The van der Waals surface area contributed by atoms with Gasteiger partial charge in [-0.25, -0.2) is 9.37 Å². The Kier molecular flexibility index (Phi) is 4.94. The van der Waals surface area contributed by atoms with Crippen molar-refractivity contribution in [3.05, 3.63) is 37.1 Å². The van der Waals surface area contributed by atoms with Gasteiger partial charge in [0.1, 0.15) is 17.5 Å². The molecule has 2 aromatic heterocycles. The lowest BCUT2D eigenvalue weighted by atomic mass is 10.2. The van der Waals surface area contributed by atoms with Gasteiger partial charge in [0.15, 0.2) is 0 Å². The van der Waals surface area contributed by atoms with Crippen LogP contribution in [0.4, 0.5) is 15.9 Å². The van der Waals surface area contributed by atoms with Crippen molar-refractivity contribution >= 4 is 32.7 Å². The van der Waals surface area contributed by atoms with Gasteiger partial charge in [-0.15, -0.1) is 6.58 Å². The van der Waals surface area contributed by atoms with E-state index in [1.54, 1.807) is 18.2 Å². The molecule has 3 atom stereocenters. The van der Waals surface area contributed by atoms with Crippen molar-refractivity contribution in [3.8, 4) is 0 Å². The van der Waals surface area contributed by atoms with Gasteiger partial charge in [-0.1, -0.05) is 6.08 Å². The third-order valence-electron chi connectivity index (χ3n) is 5.13. The Bertz CT molecular complexity index is 1000. The second-order valence-electron chi connectivity index (χ2n) is 7.09. The Labute approximate surface area is 162 Å². The lowest BCUT2D eigenvalue weighted by Gasteiger charge is -2.23. The summed E-state index contributed by atoms with van der Waals surface area (Å²) in [4.78, 5) is 10.6. The number of aliphatic hydroxyl groups is 1. The van der Waals surface area contributed by atoms with Gasteiger partial charge in [0, 0.05) is 25.7 Å². The van der Waals surface area contributed by atoms with E-state index in [1.807, 2.05) is 4.90 Å². The molecular formula is C18H22FN5O3S. The van der Waals surface area contributed by atoms with E-state index in [0.29, 0.717) is 35.4 Å². The standard InChI is InChI=1S/C18H22FN5O3S/c1-2-13-9-12(19)10-24(13)17-4-3-15-18(21-17)16(5-7-20-15)22-28(26,27)23-8-6-14(25)11-23/h2-5,7,12-14,25H,1,6,8-11H2,(H,20,22)/t12-,13-,14-/m0/s1. The number of fused-ring (bicyclic) bond motifs is 1. The molecule has 10 heteroatoms. The quantitative estimate of drug-likeness (QED) is 0.728. The molecule has 28 heavy (non-hydrogen) atoms. The molecular weight excluding hydrogens is 385 g/mol. The summed E-state index contributed by atoms with van der Waals surface area (Å²) in [6, 6.07) is 4.86. The fourth-order valence-corrected chi connectivity index (χ4v) is 4.98. The highest BCUT2D eigenvalue weighted by Gasteiger charge is 2.32. The van der Waals surface area contributed by atoms with Crippen LogP contribution in [0.3, 0.4) is 0 Å². The minimum absolute atomic E-state index is 0.0592. The van der Waals surface area contributed by atoms with Crippen LogP contribution in [0.25, 0.3) is 11.0 Å². The zero-order valence-corrected chi connectivity index (χ0v) is 16.0. The maximum absolute atomic E-state index is 13.9. The van der Waals surface area contributed by atoms with Crippen LogP contribution in [0.1, 0.15) is 12.8 Å². The number of nitrogens with one attached hydrogen (secondary N) is 1. The number of alkyl halides is 1. The summed E-state index contributed by atoms with van der Waals surface area (Å²) in [5.74, 6) is 0.544. The number of pyridine rings is 2. The normalized spacial score (nSPS) is 26.1. The van der Waals surface area contributed by atoms with Crippen LogP contribution in [0.15, 0.2) is 37.1 Å². The molecule has 0 aromatic carbocycles. The van der Waals surface area contributed by atoms with Crippen LogP contribution in [-0.4, -0.2) is 65.7 Å².